The van der Waals surface area contributed by atoms with Gasteiger partial charge in [0.05, 0.1) is 6.92 Å². The van der Waals surface area contributed by atoms with Crippen LogP contribution in [0.5, 0.6) is 0 Å². The zero-order valence-corrected chi connectivity index (χ0v) is 3.83. The van der Waals surface area contributed by atoms with Crippen LogP contribution in [0.15, 0.2) is 4.52 Å². The van der Waals surface area contributed by atoms with Gasteiger partial charge in [0.25, 0.3) is 5.82 Å². The third-order valence-electron chi connectivity index (χ3n) is 0.527. The van der Waals surface area contributed by atoms with Gasteiger partial charge >= 0.3 is 6.01 Å². The fourth-order valence-corrected chi connectivity index (χ4v) is 0.272. The van der Waals surface area contributed by atoms with Gasteiger partial charge in [0.1, 0.15) is 0 Å². The van der Waals surface area contributed by atoms with Gasteiger partial charge in [0, 0.05) is 0 Å². The molecule has 0 saturated carbocycles. The highest BCUT2D eigenvalue weighted by Crippen LogP contribution is 2.04. The molecule has 0 aromatic carbocycles. The van der Waals surface area contributed by atoms with Crippen molar-refractivity contribution in [3.05, 3.63) is 24.2 Å². The first kappa shape index (κ1) is 4.78. The molecule has 0 aliphatic rings. The van der Waals surface area contributed by atoms with Gasteiger partial charge in [-0.25, -0.2) is 0 Å². The predicted molar refractivity (Wildman–Crippen MR) is 24.0 cm³/mol. The summed E-state index contributed by atoms with van der Waals surface area (Å²) in [5.41, 5.74) is 0. The third kappa shape index (κ3) is 0.658. The van der Waals surface area contributed by atoms with Gasteiger partial charge in [-0.2, -0.15) is 0 Å². The maximum absolute atomic E-state index is 6.33. The lowest BCUT2D eigenvalue weighted by molar-refractivity contribution is 0.435. The lowest BCUT2D eigenvalue weighted by atomic mass is 10.8. The van der Waals surface area contributed by atoms with E-state index in [1.54, 1.807) is 0 Å². The summed E-state index contributed by atoms with van der Waals surface area (Å²) in [7, 11) is 0. The molecule has 1 heterocycles. The molecule has 4 nitrogen and oxygen atoms in total. The zero-order valence-electron chi connectivity index (χ0n) is 3.83. The van der Waals surface area contributed by atoms with Crippen molar-refractivity contribution < 1.29 is 4.52 Å². The number of rotatable bonds is 0. The van der Waals surface area contributed by atoms with Crippen LogP contribution in [0, 0.1) is 13.5 Å². The molecule has 4 heteroatoms. The Morgan fingerprint density at radius 2 is 2.50 bits per heavy atom. The van der Waals surface area contributed by atoms with Gasteiger partial charge in [-0.3, -0.25) is 0 Å². The zero-order chi connectivity index (χ0) is 5.98. The lowest BCUT2D eigenvalue weighted by Gasteiger charge is -1.64. The quantitative estimate of drug-likeness (QED) is 0.458. The largest absolute Gasteiger partial charge is 0.472 e. The molecule has 2 radical (unpaired) electrons. The Kier molecular flexibility index (Phi) is 0.968. The summed E-state index contributed by atoms with van der Waals surface area (Å²) in [6, 6.07) is -0.123. The molecule has 1 aromatic rings. The highest BCUT2D eigenvalue weighted by Gasteiger charge is 2.00. The molecule has 1 rings (SSSR count). The second-order valence-corrected chi connectivity index (χ2v) is 1.05. The Morgan fingerprint density at radius 1 is 1.75 bits per heavy atom. The van der Waals surface area contributed by atoms with E-state index >= 15 is 0 Å². The lowest BCUT2D eigenvalue weighted by Crippen LogP contribution is -1.67. The van der Waals surface area contributed by atoms with Crippen LogP contribution < -0.4 is 0 Å². The number of aromatic nitrogens is 2. The van der Waals surface area contributed by atoms with E-state index in [9.17, 15) is 0 Å². The maximum atomic E-state index is 6.33. The smallest absolute Gasteiger partial charge is 0.352 e. The highest BCUT2D eigenvalue weighted by atomic mass is 16.5. The molecule has 0 unspecified atom stereocenters. The standard InChI is InChI=1S/C4HN3O/c1-3-6-4(5-2)8-7-3/h1H. The Morgan fingerprint density at radius 3 is 2.75 bits per heavy atom. The molecule has 0 saturated heterocycles. The van der Waals surface area contributed by atoms with E-state index in [2.05, 4.69) is 19.5 Å². The van der Waals surface area contributed by atoms with Crippen LogP contribution in [0.4, 0.5) is 6.01 Å². The predicted octanol–water partition coefficient (Wildman–Crippen LogP) is 0.680. The maximum Gasteiger partial charge on any atom is 0.472 e. The van der Waals surface area contributed by atoms with E-state index in [0.717, 1.165) is 0 Å². The van der Waals surface area contributed by atoms with E-state index in [-0.39, 0.29) is 11.8 Å². The monoisotopic (exact) mass is 107 g/mol. The van der Waals surface area contributed by atoms with Crippen LogP contribution in [-0.4, -0.2) is 10.1 Å². The van der Waals surface area contributed by atoms with Crippen LogP contribution in [-0.2, 0) is 0 Å². The van der Waals surface area contributed by atoms with Crippen LogP contribution in [0.2, 0.25) is 0 Å². The third-order valence-corrected chi connectivity index (χ3v) is 0.527. The minimum Gasteiger partial charge on any atom is -0.352 e. The van der Waals surface area contributed by atoms with E-state index in [4.69, 9.17) is 13.5 Å². The number of hydrogen-bond acceptors (Lipinski definition) is 3. The molecule has 0 fully saturated rings. The molecule has 0 aliphatic heterocycles. The summed E-state index contributed by atoms with van der Waals surface area (Å²) < 4.78 is 4.27. The molecular formula is C4HN3O. The Hall–Kier alpha value is -1.37. The summed E-state index contributed by atoms with van der Waals surface area (Å²) in [6.45, 7) is 11.3. The van der Waals surface area contributed by atoms with Crippen LogP contribution in [0.1, 0.15) is 5.82 Å². The molecule has 0 spiro atoms. The first-order valence-corrected chi connectivity index (χ1v) is 1.79. The molecule has 8 heavy (non-hydrogen) atoms. The Labute approximate surface area is 45.9 Å². The fraction of sp³-hybridized carbons (Fsp3) is 0. The number of hydrogen-bond donors (Lipinski definition) is 0. The molecule has 1 aromatic heterocycles. The van der Waals surface area contributed by atoms with Crippen molar-refractivity contribution in [1.82, 2.24) is 10.1 Å². The van der Waals surface area contributed by atoms with Crippen molar-refractivity contribution in [3.63, 3.8) is 0 Å². The molecule has 0 amide bonds. The van der Waals surface area contributed by atoms with Crippen molar-refractivity contribution in [2.45, 2.75) is 0 Å². The van der Waals surface area contributed by atoms with Crippen LogP contribution in [0.3, 0.4) is 0 Å². The summed E-state index contributed by atoms with van der Waals surface area (Å²) in [5.74, 6) is -0.00370. The summed E-state index contributed by atoms with van der Waals surface area (Å²) >= 11 is 0. The van der Waals surface area contributed by atoms with Gasteiger partial charge in [0.15, 0.2) is 0 Å². The molecule has 0 N–H and O–H groups in total. The van der Waals surface area contributed by atoms with Crippen LogP contribution >= 0.6 is 0 Å². The molecular weight excluding hydrogens is 106 g/mol. The summed E-state index contributed by atoms with van der Waals surface area (Å²) in [6.07, 6.45) is 0. The van der Waals surface area contributed by atoms with Crippen molar-refractivity contribution in [2.75, 3.05) is 0 Å². The molecule has 0 atom stereocenters. The van der Waals surface area contributed by atoms with Gasteiger partial charge in [-0.05, 0) is 5.16 Å². The minimum atomic E-state index is -0.123. The van der Waals surface area contributed by atoms with Crippen molar-refractivity contribution in [2.24, 2.45) is 0 Å². The van der Waals surface area contributed by atoms with Crippen molar-refractivity contribution >= 4 is 6.01 Å². The fourth-order valence-electron chi connectivity index (χ4n) is 0.272. The first-order chi connectivity index (χ1) is 3.83. The van der Waals surface area contributed by atoms with Gasteiger partial charge in [0.2, 0.25) is 0 Å². The van der Waals surface area contributed by atoms with Gasteiger partial charge in [-0.15, -0.1) is 0 Å². The Bertz CT molecular complexity index is 221. The normalized spacial score (nSPS) is 8.50. The first-order valence-electron chi connectivity index (χ1n) is 1.79. The van der Waals surface area contributed by atoms with E-state index < -0.39 is 0 Å². The minimum absolute atomic E-state index is 0.00370. The molecule has 0 aliphatic carbocycles. The second kappa shape index (κ2) is 1.62. The highest BCUT2D eigenvalue weighted by molar-refractivity contribution is 5.18. The van der Waals surface area contributed by atoms with E-state index in [1.165, 1.54) is 0 Å². The van der Waals surface area contributed by atoms with Crippen molar-refractivity contribution in [3.8, 4) is 0 Å². The number of nitrogens with zero attached hydrogens (tertiary/aromatic N) is 3. The average molecular weight is 107 g/mol. The molecule has 0 bridgehead atoms. The van der Waals surface area contributed by atoms with E-state index in [1.807, 2.05) is 0 Å². The van der Waals surface area contributed by atoms with E-state index in [0.29, 0.717) is 0 Å². The summed E-state index contributed by atoms with van der Waals surface area (Å²) in [4.78, 5) is 6.20. The van der Waals surface area contributed by atoms with Gasteiger partial charge in [-0.1, -0.05) is 11.6 Å². The summed E-state index contributed by atoms with van der Waals surface area (Å²) in [5, 5.41) is 3.17. The van der Waals surface area contributed by atoms with Gasteiger partial charge < -0.3 is 9.37 Å². The average Bonchev–Trinajstić information content (AvgIpc) is 2.14. The SMILES string of the molecule is [C-]#[N+]c1nc([CH])no1. The molecule has 38 valence electrons. The topological polar surface area (TPSA) is 43.3 Å². The second-order valence-electron chi connectivity index (χ2n) is 1.05. The van der Waals surface area contributed by atoms with Crippen molar-refractivity contribution in [1.29, 1.82) is 0 Å². The Balaban J connectivity index is 3.05. The van der Waals surface area contributed by atoms with Crippen LogP contribution in [0.25, 0.3) is 4.85 Å².